The third kappa shape index (κ3) is 4.27. The SMILES string of the molecule is O=C(O)/C(=C/c1ccc(Sc2ccccc2)o1)Sc1nc2ccccc2o1. The van der Waals surface area contributed by atoms with E-state index in [0.29, 0.717) is 22.0 Å². The first-order valence-corrected chi connectivity index (χ1v) is 9.62. The minimum Gasteiger partial charge on any atom is -0.477 e. The number of benzene rings is 2. The second kappa shape index (κ2) is 7.77. The Hall–Kier alpha value is -2.90. The normalized spacial score (nSPS) is 11.8. The number of para-hydroxylation sites is 2. The van der Waals surface area contributed by atoms with Crippen LogP contribution in [0.25, 0.3) is 17.2 Å². The summed E-state index contributed by atoms with van der Waals surface area (Å²) in [7, 11) is 0. The Kier molecular flexibility index (Phi) is 5.04. The lowest BCUT2D eigenvalue weighted by Gasteiger charge is -1.98. The number of oxazole rings is 1. The van der Waals surface area contributed by atoms with E-state index in [1.54, 1.807) is 12.1 Å². The molecule has 0 saturated heterocycles. The van der Waals surface area contributed by atoms with Gasteiger partial charge in [0, 0.05) is 11.0 Å². The van der Waals surface area contributed by atoms with Crippen LogP contribution < -0.4 is 0 Å². The van der Waals surface area contributed by atoms with Crippen LogP contribution >= 0.6 is 23.5 Å². The molecule has 0 atom stereocenters. The summed E-state index contributed by atoms with van der Waals surface area (Å²) in [6, 6.07) is 20.6. The second-order valence-corrected chi connectivity index (χ2v) is 7.51. The summed E-state index contributed by atoms with van der Waals surface area (Å²) in [5, 5.41) is 10.5. The summed E-state index contributed by atoms with van der Waals surface area (Å²) in [5.41, 5.74) is 1.30. The molecule has 0 bridgehead atoms. The van der Waals surface area contributed by atoms with Crippen molar-refractivity contribution in [1.29, 1.82) is 0 Å². The summed E-state index contributed by atoms with van der Waals surface area (Å²) in [4.78, 5) is 17.0. The van der Waals surface area contributed by atoms with Crippen LogP contribution in [-0.2, 0) is 4.79 Å². The first-order valence-electron chi connectivity index (χ1n) is 7.98. The summed E-state index contributed by atoms with van der Waals surface area (Å²) in [6.45, 7) is 0. The zero-order chi connectivity index (χ0) is 18.6. The lowest BCUT2D eigenvalue weighted by Crippen LogP contribution is -1.96. The number of rotatable bonds is 6. The highest BCUT2D eigenvalue weighted by molar-refractivity contribution is 8.03. The molecule has 0 fully saturated rings. The molecule has 134 valence electrons. The van der Waals surface area contributed by atoms with Gasteiger partial charge in [-0.25, -0.2) is 9.78 Å². The van der Waals surface area contributed by atoms with Crippen molar-refractivity contribution in [2.75, 3.05) is 0 Å². The molecule has 0 saturated carbocycles. The van der Waals surface area contributed by atoms with Gasteiger partial charge in [-0.2, -0.15) is 0 Å². The summed E-state index contributed by atoms with van der Waals surface area (Å²) < 4.78 is 11.3. The number of carboxylic acid groups (broad SMARTS) is 1. The van der Waals surface area contributed by atoms with Crippen LogP contribution in [0.1, 0.15) is 5.76 Å². The van der Waals surface area contributed by atoms with Gasteiger partial charge in [-0.15, -0.1) is 0 Å². The predicted molar refractivity (Wildman–Crippen MR) is 105 cm³/mol. The van der Waals surface area contributed by atoms with E-state index in [9.17, 15) is 9.90 Å². The van der Waals surface area contributed by atoms with Crippen LogP contribution in [0.3, 0.4) is 0 Å². The van der Waals surface area contributed by atoms with Gasteiger partial charge >= 0.3 is 5.97 Å². The van der Waals surface area contributed by atoms with Gasteiger partial charge in [0.25, 0.3) is 5.22 Å². The monoisotopic (exact) mass is 395 g/mol. The van der Waals surface area contributed by atoms with E-state index in [1.807, 2.05) is 54.6 Å². The molecule has 1 N–H and O–H groups in total. The fraction of sp³-hybridized carbons (Fsp3) is 0. The van der Waals surface area contributed by atoms with Crippen LogP contribution in [0.5, 0.6) is 0 Å². The summed E-state index contributed by atoms with van der Waals surface area (Å²) >= 11 is 2.42. The fourth-order valence-electron chi connectivity index (χ4n) is 2.32. The van der Waals surface area contributed by atoms with Crippen molar-refractivity contribution in [2.24, 2.45) is 0 Å². The number of furan rings is 1. The number of hydrogen-bond donors (Lipinski definition) is 1. The Bertz CT molecular complexity index is 1080. The van der Waals surface area contributed by atoms with E-state index in [2.05, 4.69) is 4.98 Å². The molecule has 0 amide bonds. The number of fused-ring (bicyclic) bond motifs is 1. The van der Waals surface area contributed by atoms with Gasteiger partial charge in [-0.05, 0) is 48.2 Å². The molecular weight excluding hydrogens is 382 g/mol. The Morgan fingerprint density at radius 3 is 2.52 bits per heavy atom. The standard InChI is InChI=1S/C20H13NO4S2/c22-19(23)17(27-20-21-15-8-4-5-9-16(15)25-20)12-13-10-11-18(24-13)26-14-6-2-1-3-7-14/h1-12H,(H,22,23)/b17-12-. The van der Waals surface area contributed by atoms with Crippen LogP contribution in [0.15, 0.2) is 95.7 Å². The molecule has 2 aromatic heterocycles. The van der Waals surface area contributed by atoms with E-state index >= 15 is 0 Å². The van der Waals surface area contributed by atoms with Crippen LogP contribution in [0.2, 0.25) is 0 Å². The van der Waals surface area contributed by atoms with Gasteiger partial charge in [0.15, 0.2) is 10.7 Å². The topological polar surface area (TPSA) is 76.5 Å². The average Bonchev–Trinajstić information content (AvgIpc) is 3.28. The Balaban J connectivity index is 1.55. The fourth-order valence-corrected chi connectivity index (χ4v) is 3.85. The number of carbonyl (C=O) groups is 1. The molecule has 0 radical (unpaired) electrons. The van der Waals surface area contributed by atoms with E-state index in [1.165, 1.54) is 17.8 Å². The van der Waals surface area contributed by atoms with Gasteiger partial charge in [0.2, 0.25) is 0 Å². The van der Waals surface area contributed by atoms with Crippen LogP contribution in [0.4, 0.5) is 0 Å². The highest BCUT2D eigenvalue weighted by Crippen LogP contribution is 2.33. The molecule has 27 heavy (non-hydrogen) atoms. The zero-order valence-electron chi connectivity index (χ0n) is 13.9. The highest BCUT2D eigenvalue weighted by atomic mass is 32.2. The highest BCUT2D eigenvalue weighted by Gasteiger charge is 2.16. The average molecular weight is 395 g/mol. The molecule has 0 unspecified atom stereocenters. The molecule has 0 aliphatic rings. The molecule has 4 aromatic rings. The number of nitrogens with zero attached hydrogens (tertiary/aromatic N) is 1. The first kappa shape index (κ1) is 17.5. The Morgan fingerprint density at radius 2 is 1.74 bits per heavy atom. The van der Waals surface area contributed by atoms with Crippen molar-refractivity contribution in [3.8, 4) is 0 Å². The molecule has 5 nitrogen and oxygen atoms in total. The third-order valence-electron chi connectivity index (χ3n) is 3.52. The molecular formula is C20H13NO4S2. The number of hydrogen-bond acceptors (Lipinski definition) is 6. The van der Waals surface area contributed by atoms with Crippen molar-refractivity contribution in [2.45, 2.75) is 15.2 Å². The smallest absolute Gasteiger partial charge is 0.342 e. The van der Waals surface area contributed by atoms with Crippen molar-refractivity contribution >= 4 is 46.7 Å². The van der Waals surface area contributed by atoms with E-state index in [0.717, 1.165) is 16.7 Å². The van der Waals surface area contributed by atoms with Crippen LogP contribution in [-0.4, -0.2) is 16.1 Å². The Morgan fingerprint density at radius 1 is 0.963 bits per heavy atom. The van der Waals surface area contributed by atoms with Crippen LogP contribution in [0, 0.1) is 0 Å². The van der Waals surface area contributed by atoms with Gasteiger partial charge in [0.05, 0.1) is 0 Å². The lowest BCUT2D eigenvalue weighted by atomic mass is 10.3. The largest absolute Gasteiger partial charge is 0.477 e. The lowest BCUT2D eigenvalue weighted by molar-refractivity contribution is -0.131. The molecule has 7 heteroatoms. The Labute approximate surface area is 163 Å². The number of aliphatic carboxylic acids is 1. The minimum absolute atomic E-state index is 0.0622. The zero-order valence-corrected chi connectivity index (χ0v) is 15.5. The maximum Gasteiger partial charge on any atom is 0.342 e. The molecule has 0 aliphatic carbocycles. The van der Waals surface area contributed by atoms with Gasteiger partial charge in [0.1, 0.15) is 16.2 Å². The van der Waals surface area contributed by atoms with Gasteiger partial charge in [-0.1, -0.05) is 42.1 Å². The number of aromatic nitrogens is 1. The predicted octanol–water partition coefficient (Wildman–Crippen LogP) is 5.79. The number of thioether (sulfide) groups is 1. The van der Waals surface area contributed by atoms with E-state index in [4.69, 9.17) is 8.83 Å². The number of carboxylic acids is 1. The first-order chi connectivity index (χ1) is 13.2. The maximum atomic E-state index is 11.6. The maximum absolute atomic E-state index is 11.6. The molecule has 4 rings (SSSR count). The van der Waals surface area contributed by atoms with E-state index in [-0.39, 0.29) is 10.1 Å². The molecule has 0 aliphatic heterocycles. The van der Waals surface area contributed by atoms with Crippen molar-refractivity contribution in [3.63, 3.8) is 0 Å². The summed E-state index contributed by atoms with van der Waals surface area (Å²) in [5.74, 6) is -0.620. The van der Waals surface area contributed by atoms with Crippen molar-refractivity contribution in [3.05, 3.63) is 77.4 Å². The van der Waals surface area contributed by atoms with E-state index < -0.39 is 5.97 Å². The molecule has 2 aromatic carbocycles. The molecule has 0 spiro atoms. The van der Waals surface area contributed by atoms with Crippen molar-refractivity contribution in [1.82, 2.24) is 4.98 Å². The quantitative estimate of drug-likeness (QED) is 0.327. The van der Waals surface area contributed by atoms with Crippen molar-refractivity contribution < 1.29 is 18.7 Å². The minimum atomic E-state index is -1.07. The van der Waals surface area contributed by atoms with Gasteiger partial charge < -0.3 is 13.9 Å². The summed E-state index contributed by atoms with van der Waals surface area (Å²) in [6.07, 6.45) is 1.47. The molecule has 2 heterocycles. The van der Waals surface area contributed by atoms with Gasteiger partial charge in [-0.3, -0.25) is 0 Å². The second-order valence-electron chi connectivity index (χ2n) is 5.44. The third-order valence-corrected chi connectivity index (χ3v) is 5.31.